The molecule has 1 aromatic heterocycles. The van der Waals surface area contributed by atoms with E-state index in [0.29, 0.717) is 17.2 Å². The molecule has 2 aliphatic heterocycles. The van der Waals surface area contributed by atoms with Crippen LogP contribution in [0, 0.1) is 0 Å². The van der Waals surface area contributed by atoms with Gasteiger partial charge in [0, 0.05) is 11.8 Å². The molecule has 0 N–H and O–H groups in total. The Morgan fingerprint density at radius 2 is 0.977 bits per heavy atom. The molecule has 6 aromatic rings. The standard InChI is InChI=1S/C37H30BNO4/c1-36(2)37(3,4)43-38(42-36)33-20-18-24(22-39-33)35-27-13-7-5-11-25(27)34(26-12-6-8-14-28(26)35)23-17-19-31-32(21-23)41-30-16-10-9-15-29(30)40-31/h5-22H,1-4H3. The Hall–Kier alpha value is -4.65. The third-order valence-corrected chi connectivity index (χ3v) is 9.02. The van der Waals surface area contributed by atoms with Gasteiger partial charge in [0.05, 0.1) is 16.8 Å². The van der Waals surface area contributed by atoms with Crippen LogP contribution in [0.4, 0.5) is 0 Å². The van der Waals surface area contributed by atoms with Crippen LogP contribution in [0.5, 0.6) is 23.0 Å². The molecule has 0 unspecified atom stereocenters. The van der Waals surface area contributed by atoms with Gasteiger partial charge in [0.1, 0.15) is 0 Å². The highest BCUT2D eigenvalue weighted by Gasteiger charge is 2.52. The molecule has 5 aromatic carbocycles. The second kappa shape index (κ2) is 9.43. The molecule has 1 fully saturated rings. The lowest BCUT2D eigenvalue weighted by Gasteiger charge is -2.32. The SMILES string of the molecule is CC1(C)OB(c2ccc(-c3c4ccccc4c(-c4ccc5c(c4)Oc4ccccc4O5)c4ccccc34)cn2)OC1(C)C. The van der Waals surface area contributed by atoms with Gasteiger partial charge in [-0.05, 0) is 96.3 Å². The van der Waals surface area contributed by atoms with E-state index in [-0.39, 0.29) is 0 Å². The average Bonchev–Trinajstić information content (AvgIpc) is 3.24. The predicted molar refractivity (Wildman–Crippen MR) is 172 cm³/mol. The molecule has 0 saturated carbocycles. The van der Waals surface area contributed by atoms with Gasteiger partial charge >= 0.3 is 7.12 Å². The Labute approximate surface area is 251 Å². The first-order valence-electron chi connectivity index (χ1n) is 14.6. The maximum atomic E-state index is 6.28. The minimum absolute atomic E-state index is 0.419. The fraction of sp³-hybridized carbons (Fsp3) is 0.162. The number of aromatic nitrogens is 1. The van der Waals surface area contributed by atoms with Gasteiger partial charge in [-0.2, -0.15) is 0 Å². The largest absolute Gasteiger partial charge is 0.514 e. The Kier molecular flexibility index (Phi) is 5.71. The van der Waals surface area contributed by atoms with Crippen molar-refractivity contribution in [2.45, 2.75) is 38.9 Å². The van der Waals surface area contributed by atoms with Crippen LogP contribution in [0.25, 0.3) is 43.8 Å². The first kappa shape index (κ1) is 26.0. The summed E-state index contributed by atoms with van der Waals surface area (Å²) in [6.45, 7) is 8.23. The van der Waals surface area contributed by atoms with Crippen molar-refractivity contribution in [3.8, 4) is 45.3 Å². The van der Waals surface area contributed by atoms with Crippen LogP contribution < -0.4 is 15.1 Å². The van der Waals surface area contributed by atoms with Crippen LogP contribution in [-0.4, -0.2) is 23.3 Å². The maximum absolute atomic E-state index is 6.28. The van der Waals surface area contributed by atoms with Crippen molar-refractivity contribution in [1.82, 2.24) is 4.98 Å². The summed E-state index contributed by atoms with van der Waals surface area (Å²) in [7, 11) is -0.503. The number of benzene rings is 5. The number of hydrogen-bond donors (Lipinski definition) is 0. The van der Waals surface area contributed by atoms with Gasteiger partial charge in [-0.25, -0.2) is 0 Å². The van der Waals surface area contributed by atoms with Crippen molar-refractivity contribution in [3.63, 3.8) is 0 Å². The van der Waals surface area contributed by atoms with Crippen LogP contribution in [0.1, 0.15) is 27.7 Å². The summed E-state index contributed by atoms with van der Waals surface area (Å²) in [5, 5.41) is 4.62. The molecule has 1 saturated heterocycles. The van der Waals surface area contributed by atoms with Crippen molar-refractivity contribution >= 4 is 34.3 Å². The van der Waals surface area contributed by atoms with E-state index < -0.39 is 18.3 Å². The number of pyridine rings is 1. The summed E-state index contributed by atoms with van der Waals surface area (Å²) in [4.78, 5) is 4.85. The van der Waals surface area contributed by atoms with Crippen LogP contribution >= 0.6 is 0 Å². The van der Waals surface area contributed by atoms with Gasteiger partial charge in [0.15, 0.2) is 23.0 Å². The summed E-state index contributed by atoms with van der Waals surface area (Å²) in [6, 6.07) is 35.2. The number of ether oxygens (including phenoxy) is 2. The fourth-order valence-electron chi connectivity index (χ4n) is 6.09. The van der Waals surface area contributed by atoms with Crippen LogP contribution in [-0.2, 0) is 9.31 Å². The summed E-state index contributed by atoms with van der Waals surface area (Å²) in [5.74, 6) is 2.85. The lowest BCUT2D eigenvalue weighted by Crippen LogP contribution is -2.41. The molecule has 3 heterocycles. The quantitative estimate of drug-likeness (QED) is 0.159. The molecule has 0 radical (unpaired) electrons. The van der Waals surface area contributed by atoms with Gasteiger partial charge in [0.25, 0.3) is 0 Å². The third kappa shape index (κ3) is 4.13. The zero-order chi connectivity index (χ0) is 29.3. The van der Waals surface area contributed by atoms with E-state index in [9.17, 15) is 0 Å². The Morgan fingerprint density at radius 1 is 0.512 bits per heavy atom. The maximum Gasteiger partial charge on any atom is 0.514 e. The van der Waals surface area contributed by atoms with Gasteiger partial charge in [-0.3, -0.25) is 4.98 Å². The van der Waals surface area contributed by atoms with Gasteiger partial charge < -0.3 is 18.8 Å². The van der Waals surface area contributed by atoms with Crippen molar-refractivity contribution in [1.29, 1.82) is 0 Å². The molecule has 6 heteroatoms. The molecule has 2 aliphatic rings. The molecular weight excluding hydrogens is 533 g/mol. The highest BCUT2D eigenvalue weighted by molar-refractivity contribution is 6.61. The number of para-hydroxylation sites is 2. The zero-order valence-corrected chi connectivity index (χ0v) is 24.5. The minimum Gasteiger partial charge on any atom is -0.450 e. The number of fused-ring (bicyclic) bond motifs is 4. The Bertz CT molecular complexity index is 1980. The second-order valence-corrected chi connectivity index (χ2v) is 12.2. The lowest BCUT2D eigenvalue weighted by atomic mass is 9.83. The van der Waals surface area contributed by atoms with Crippen molar-refractivity contribution < 1.29 is 18.8 Å². The predicted octanol–water partition coefficient (Wildman–Crippen LogP) is 8.92. The molecule has 210 valence electrons. The molecule has 0 aliphatic carbocycles. The summed E-state index contributed by atoms with van der Waals surface area (Å²) in [6.07, 6.45) is 1.94. The van der Waals surface area contributed by atoms with Crippen molar-refractivity contribution in [2.24, 2.45) is 0 Å². The average molecular weight is 563 g/mol. The second-order valence-electron chi connectivity index (χ2n) is 12.2. The molecule has 5 nitrogen and oxygen atoms in total. The van der Waals surface area contributed by atoms with Crippen LogP contribution in [0.2, 0.25) is 0 Å². The van der Waals surface area contributed by atoms with E-state index >= 15 is 0 Å². The molecule has 43 heavy (non-hydrogen) atoms. The van der Waals surface area contributed by atoms with E-state index in [1.165, 1.54) is 0 Å². The van der Waals surface area contributed by atoms with E-state index in [1.54, 1.807) is 0 Å². The zero-order valence-electron chi connectivity index (χ0n) is 24.5. The van der Waals surface area contributed by atoms with Crippen molar-refractivity contribution in [2.75, 3.05) is 0 Å². The van der Waals surface area contributed by atoms with Gasteiger partial charge in [0.2, 0.25) is 0 Å². The summed E-state index contributed by atoms with van der Waals surface area (Å²) >= 11 is 0. The van der Waals surface area contributed by atoms with Crippen molar-refractivity contribution in [3.05, 3.63) is 109 Å². The Morgan fingerprint density at radius 3 is 1.51 bits per heavy atom. The normalized spacial score (nSPS) is 16.4. The molecule has 8 rings (SSSR count). The van der Waals surface area contributed by atoms with E-state index in [2.05, 4.69) is 94.4 Å². The summed E-state index contributed by atoms with van der Waals surface area (Å²) < 4.78 is 24.9. The molecular formula is C37H30BNO4. The molecule has 0 amide bonds. The molecule has 0 atom stereocenters. The third-order valence-electron chi connectivity index (χ3n) is 9.02. The molecule has 0 spiro atoms. The number of hydrogen-bond acceptors (Lipinski definition) is 5. The van der Waals surface area contributed by atoms with E-state index in [4.69, 9.17) is 23.8 Å². The highest BCUT2D eigenvalue weighted by Crippen LogP contribution is 2.49. The van der Waals surface area contributed by atoms with E-state index in [1.807, 2.05) is 42.6 Å². The van der Waals surface area contributed by atoms with Crippen LogP contribution in [0.3, 0.4) is 0 Å². The summed E-state index contributed by atoms with van der Waals surface area (Å²) in [5.41, 5.74) is 4.34. The smallest absolute Gasteiger partial charge is 0.450 e. The van der Waals surface area contributed by atoms with E-state index in [0.717, 1.165) is 55.1 Å². The topological polar surface area (TPSA) is 49.8 Å². The monoisotopic (exact) mass is 563 g/mol. The number of rotatable bonds is 3. The highest BCUT2D eigenvalue weighted by atomic mass is 16.7. The van der Waals surface area contributed by atoms with Gasteiger partial charge in [-0.15, -0.1) is 0 Å². The fourth-order valence-corrected chi connectivity index (χ4v) is 6.09. The minimum atomic E-state index is -0.503. The Balaban J connectivity index is 1.26. The lowest BCUT2D eigenvalue weighted by molar-refractivity contribution is 0.00578. The first-order chi connectivity index (χ1) is 20.8. The number of nitrogens with zero attached hydrogens (tertiary/aromatic N) is 1. The van der Waals surface area contributed by atoms with Gasteiger partial charge in [-0.1, -0.05) is 72.8 Å². The first-order valence-corrected chi connectivity index (χ1v) is 14.6. The van der Waals surface area contributed by atoms with Crippen LogP contribution in [0.15, 0.2) is 109 Å². The molecule has 0 bridgehead atoms.